The lowest BCUT2D eigenvalue weighted by molar-refractivity contribution is 0.246. The van der Waals surface area contributed by atoms with Crippen molar-refractivity contribution in [1.82, 2.24) is 15.1 Å². The Hall–Kier alpha value is -2.13. The predicted octanol–water partition coefficient (Wildman–Crippen LogP) is 3.12. The van der Waals surface area contributed by atoms with E-state index in [-0.39, 0.29) is 0 Å². The molecular formula is C17H17N3. The second kappa shape index (κ2) is 4.76. The third kappa shape index (κ3) is 2.00. The summed E-state index contributed by atoms with van der Waals surface area (Å²) in [6, 6.07) is 15.2. The number of rotatable bonds is 2. The number of H-pyrrole nitrogens is 1. The number of fused-ring (bicyclic) bond motifs is 2. The first-order valence-electron chi connectivity index (χ1n) is 7.10. The van der Waals surface area contributed by atoms with E-state index in [9.17, 15) is 0 Å². The zero-order chi connectivity index (χ0) is 13.4. The molecule has 1 aliphatic heterocycles. The smallest absolute Gasteiger partial charge is 0.0653 e. The second-order valence-corrected chi connectivity index (χ2v) is 5.48. The number of aromatic nitrogens is 2. The Bertz CT molecular complexity index is 745. The van der Waals surface area contributed by atoms with Crippen molar-refractivity contribution in [1.29, 1.82) is 0 Å². The monoisotopic (exact) mass is 263 g/mol. The summed E-state index contributed by atoms with van der Waals surface area (Å²) in [7, 11) is 0. The van der Waals surface area contributed by atoms with Gasteiger partial charge >= 0.3 is 0 Å². The number of hydrogen-bond donors (Lipinski definition) is 1. The van der Waals surface area contributed by atoms with Crippen LogP contribution in [0, 0.1) is 0 Å². The SMILES string of the molecule is c1ccc2c(c1)CCN(Cc1cccc3[nH]ncc13)C2. The fraction of sp³-hybridized carbons (Fsp3) is 0.235. The van der Waals surface area contributed by atoms with Gasteiger partial charge in [-0.05, 0) is 29.2 Å². The van der Waals surface area contributed by atoms with Crippen LogP contribution in [0.25, 0.3) is 10.9 Å². The highest BCUT2D eigenvalue weighted by atomic mass is 15.1. The van der Waals surface area contributed by atoms with Gasteiger partial charge < -0.3 is 0 Å². The Morgan fingerprint density at radius 3 is 2.90 bits per heavy atom. The summed E-state index contributed by atoms with van der Waals surface area (Å²) in [5.41, 5.74) is 5.46. The van der Waals surface area contributed by atoms with Gasteiger partial charge in [-0.3, -0.25) is 10.00 Å². The van der Waals surface area contributed by atoms with Gasteiger partial charge in [0.15, 0.2) is 0 Å². The fourth-order valence-corrected chi connectivity index (χ4v) is 3.10. The van der Waals surface area contributed by atoms with Crippen LogP contribution < -0.4 is 0 Å². The molecule has 0 radical (unpaired) electrons. The topological polar surface area (TPSA) is 31.9 Å². The molecule has 20 heavy (non-hydrogen) atoms. The molecule has 0 fully saturated rings. The maximum Gasteiger partial charge on any atom is 0.0653 e. The van der Waals surface area contributed by atoms with Gasteiger partial charge in [0.1, 0.15) is 0 Å². The first kappa shape index (κ1) is 11.7. The zero-order valence-electron chi connectivity index (χ0n) is 11.3. The molecule has 1 N–H and O–H groups in total. The van der Waals surface area contributed by atoms with Crippen LogP contribution >= 0.6 is 0 Å². The van der Waals surface area contributed by atoms with Gasteiger partial charge in [-0.25, -0.2) is 0 Å². The highest BCUT2D eigenvalue weighted by Crippen LogP contribution is 2.23. The lowest BCUT2D eigenvalue weighted by Crippen LogP contribution is -2.30. The lowest BCUT2D eigenvalue weighted by Gasteiger charge is -2.28. The Morgan fingerprint density at radius 2 is 1.95 bits per heavy atom. The normalized spacial score (nSPS) is 15.4. The van der Waals surface area contributed by atoms with Crippen LogP contribution in [0.4, 0.5) is 0 Å². The van der Waals surface area contributed by atoms with Crippen molar-refractivity contribution in [3.8, 4) is 0 Å². The molecule has 3 heteroatoms. The molecular weight excluding hydrogens is 246 g/mol. The van der Waals surface area contributed by atoms with E-state index in [4.69, 9.17) is 0 Å². The summed E-state index contributed by atoms with van der Waals surface area (Å²) < 4.78 is 0. The van der Waals surface area contributed by atoms with Gasteiger partial charge in [-0.15, -0.1) is 0 Å². The van der Waals surface area contributed by atoms with Crippen LogP contribution in [0.15, 0.2) is 48.7 Å². The molecule has 2 aromatic carbocycles. The number of benzene rings is 2. The molecule has 3 nitrogen and oxygen atoms in total. The lowest BCUT2D eigenvalue weighted by atomic mass is 9.99. The minimum Gasteiger partial charge on any atom is -0.294 e. The summed E-state index contributed by atoms with van der Waals surface area (Å²) in [6.45, 7) is 3.17. The van der Waals surface area contributed by atoms with Gasteiger partial charge in [0.25, 0.3) is 0 Å². The highest BCUT2D eigenvalue weighted by Gasteiger charge is 2.16. The van der Waals surface area contributed by atoms with E-state index in [0.29, 0.717) is 0 Å². The van der Waals surface area contributed by atoms with E-state index in [0.717, 1.165) is 31.6 Å². The summed E-state index contributed by atoms with van der Waals surface area (Å²) in [5, 5.41) is 8.43. The van der Waals surface area contributed by atoms with E-state index < -0.39 is 0 Å². The molecule has 0 bridgehead atoms. The molecule has 3 aromatic rings. The summed E-state index contributed by atoms with van der Waals surface area (Å²) in [4.78, 5) is 2.52. The first-order chi connectivity index (χ1) is 9.90. The van der Waals surface area contributed by atoms with Gasteiger partial charge in [0.05, 0.1) is 11.7 Å². The molecule has 1 aliphatic rings. The van der Waals surface area contributed by atoms with Crippen molar-refractivity contribution in [2.24, 2.45) is 0 Å². The molecule has 0 amide bonds. The summed E-state index contributed by atoms with van der Waals surface area (Å²) in [6.07, 6.45) is 3.08. The largest absolute Gasteiger partial charge is 0.294 e. The minimum atomic E-state index is 0.991. The van der Waals surface area contributed by atoms with Crippen LogP contribution in [0.3, 0.4) is 0 Å². The highest BCUT2D eigenvalue weighted by molar-refractivity contribution is 5.81. The van der Waals surface area contributed by atoms with Crippen molar-refractivity contribution in [2.45, 2.75) is 19.5 Å². The average molecular weight is 263 g/mol. The van der Waals surface area contributed by atoms with Crippen LogP contribution in [0.2, 0.25) is 0 Å². The molecule has 2 heterocycles. The quantitative estimate of drug-likeness (QED) is 0.770. The Labute approximate surface area is 118 Å². The molecule has 100 valence electrons. The van der Waals surface area contributed by atoms with Crippen molar-refractivity contribution in [2.75, 3.05) is 6.54 Å². The molecule has 0 unspecified atom stereocenters. The Kier molecular flexibility index (Phi) is 2.78. The maximum atomic E-state index is 4.15. The summed E-state index contributed by atoms with van der Waals surface area (Å²) >= 11 is 0. The van der Waals surface area contributed by atoms with E-state index >= 15 is 0 Å². The second-order valence-electron chi connectivity index (χ2n) is 5.48. The maximum absolute atomic E-state index is 4.15. The van der Waals surface area contributed by atoms with Gasteiger partial charge in [-0.1, -0.05) is 36.4 Å². The molecule has 4 rings (SSSR count). The summed E-state index contributed by atoms with van der Waals surface area (Å²) in [5.74, 6) is 0. The first-order valence-corrected chi connectivity index (χ1v) is 7.10. The average Bonchev–Trinajstić information content (AvgIpc) is 2.97. The fourth-order valence-electron chi connectivity index (χ4n) is 3.10. The van der Waals surface area contributed by atoms with Gasteiger partial charge in [0.2, 0.25) is 0 Å². The van der Waals surface area contributed by atoms with Crippen LogP contribution in [0.5, 0.6) is 0 Å². The van der Waals surface area contributed by atoms with Crippen molar-refractivity contribution in [3.63, 3.8) is 0 Å². The van der Waals surface area contributed by atoms with Gasteiger partial charge in [0, 0.05) is 25.0 Å². The minimum absolute atomic E-state index is 0.991. The standard InChI is InChI=1S/C17H17N3/c1-2-5-14-11-20(9-8-13(14)4-1)12-15-6-3-7-17-16(15)10-18-19-17/h1-7,10H,8-9,11-12H2,(H,18,19). The van der Waals surface area contributed by atoms with Crippen molar-refractivity contribution >= 4 is 10.9 Å². The van der Waals surface area contributed by atoms with Crippen LogP contribution in [0.1, 0.15) is 16.7 Å². The molecule has 0 atom stereocenters. The number of aromatic amines is 1. The third-order valence-corrected chi connectivity index (χ3v) is 4.18. The zero-order valence-corrected chi connectivity index (χ0v) is 11.3. The molecule has 0 saturated carbocycles. The van der Waals surface area contributed by atoms with E-state index in [1.807, 2.05) is 6.20 Å². The van der Waals surface area contributed by atoms with E-state index in [2.05, 4.69) is 57.6 Å². The van der Waals surface area contributed by atoms with Gasteiger partial charge in [-0.2, -0.15) is 5.10 Å². The van der Waals surface area contributed by atoms with Crippen molar-refractivity contribution in [3.05, 3.63) is 65.4 Å². The predicted molar refractivity (Wildman–Crippen MR) is 80.4 cm³/mol. The van der Waals surface area contributed by atoms with Crippen molar-refractivity contribution < 1.29 is 0 Å². The molecule has 0 spiro atoms. The molecule has 1 aromatic heterocycles. The Morgan fingerprint density at radius 1 is 1.05 bits per heavy atom. The van der Waals surface area contributed by atoms with Crippen LogP contribution in [-0.2, 0) is 19.5 Å². The molecule has 0 aliphatic carbocycles. The van der Waals surface area contributed by atoms with Crippen LogP contribution in [-0.4, -0.2) is 21.6 Å². The van der Waals surface area contributed by atoms with E-state index in [1.54, 1.807) is 0 Å². The Balaban J connectivity index is 1.60. The third-order valence-electron chi connectivity index (χ3n) is 4.18. The number of nitrogens with zero attached hydrogens (tertiary/aromatic N) is 2. The number of nitrogens with one attached hydrogen (secondary N) is 1. The number of hydrogen-bond acceptors (Lipinski definition) is 2. The molecule has 0 saturated heterocycles. The van der Waals surface area contributed by atoms with E-state index in [1.165, 1.54) is 22.1 Å².